The highest BCUT2D eigenvalue weighted by atomic mass is 32.2. The number of hydrogen-bond donors (Lipinski definition) is 1. The first-order valence-corrected chi connectivity index (χ1v) is 11.7. The van der Waals surface area contributed by atoms with Crippen molar-refractivity contribution in [3.05, 3.63) is 53.6 Å². The molecule has 1 aliphatic heterocycles. The van der Waals surface area contributed by atoms with Crippen LogP contribution in [-0.2, 0) is 14.8 Å². The molecule has 2 aromatic rings. The van der Waals surface area contributed by atoms with Gasteiger partial charge in [-0.2, -0.15) is 4.31 Å². The third kappa shape index (κ3) is 5.40. The Bertz CT molecular complexity index is 1050. The molecular weight excluding hydrogens is 426 g/mol. The molecule has 0 radical (unpaired) electrons. The molecule has 31 heavy (non-hydrogen) atoms. The topological polar surface area (TPSA) is 75.7 Å². The van der Waals surface area contributed by atoms with Gasteiger partial charge in [-0.3, -0.25) is 4.79 Å². The van der Waals surface area contributed by atoms with Crippen LogP contribution in [0.1, 0.15) is 31.7 Å². The Hall–Kier alpha value is -2.52. The summed E-state index contributed by atoms with van der Waals surface area (Å²) in [5.74, 6) is -1.85. The van der Waals surface area contributed by atoms with Gasteiger partial charge in [-0.15, -0.1) is 0 Å². The van der Waals surface area contributed by atoms with Gasteiger partial charge in [0.2, 0.25) is 15.9 Å². The van der Waals surface area contributed by atoms with E-state index in [0.29, 0.717) is 24.1 Å². The highest BCUT2D eigenvalue weighted by molar-refractivity contribution is 7.89. The maximum absolute atomic E-state index is 14.0. The van der Waals surface area contributed by atoms with Crippen LogP contribution in [0.3, 0.4) is 0 Å². The Morgan fingerprint density at radius 1 is 1.16 bits per heavy atom. The smallest absolute Gasteiger partial charge is 0.246 e. The molecule has 1 N–H and O–H groups in total. The number of piperidine rings is 1. The van der Waals surface area contributed by atoms with E-state index < -0.39 is 32.5 Å². The first-order chi connectivity index (χ1) is 14.7. The van der Waals surface area contributed by atoms with E-state index >= 15 is 0 Å². The molecule has 0 atom stereocenters. The molecule has 0 spiro atoms. The van der Waals surface area contributed by atoms with Crippen molar-refractivity contribution in [3.63, 3.8) is 0 Å². The van der Waals surface area contributed by atoms with Gasteiger partial charge in [-0.05, 0) is 62.1 Å². The summed E-state index contributed by atoms with van der Waals surface area (Å²) in [5, 5.41) is 2.88. The van der Waals surface area contributed by atoms with E-state index in [-0.39, 0.29) is 31.8 Å². The molecule has 9 heteroatoms. The highest BCUT2D eigenvalue weighted by Gasteiger charge is 2.34. The first kappa shape index (κ1) is 23.1. The van der Waals surface area contributed by atoms with Crippen molar-refractivity contribution in [2.75, 3.05) is 25.0 Å². The summed E-state index contributed by atoms with van der Waals surface area (Å²) in [6.45, 7) is 4.54. The van der Waals surface area contributed by atoms with E-state index in [1.54, 1.807) is 6.07 Å². The van der Waals surface area contributed by atoms with Gasteiger partial charge in [0.25, 0.3) is 0 Å². The lowest BCUT2D eigenvalue weighted by Gasteiger charge is -2.30. The van der Waals surface area contributed by atoms with Gasteiger partial charge in [0.15, 0.2) is 0 Å². The molecule has 0 aliphatic carbocycles. The number of rotatable bonds is 7. The van der Waals surface area contributed by atoms with Gasteiger partial charge in [0, 0.05) is 19.0 Å². The number of halogens is 2. The predicted molar refractivity (Wildman–Crippen MR) is 113 cm³/mol. The SMILES string of the molecule is CCCOc1cc(C)ccc1NC(=O)C1CCN(S(=O)(=O)c2cc(F)ccc2F)CC1. The molecule has 1 amide bonds. The summed E-state index contributed by atoms with van der Waals surface area (Å²) in [6, 6.07) is 7.85. The van der Waals surface area contributed by atoms with E-state index in [9.17, 15) is 22.0 Å². The fourth-order valence-corrected chi connectivity index (χ4v) is 5.02. The van der Waals surface area contributed by atoms with E-state index in [2.05, 4.69) is 5.32 Å². The van der Waals surface area contributed by atoms with E-state index in [1.165, 1.54) is 0 Å². The van der Waals surface area contributed by atoms with Crippen molar-refractivity contribution in [1.82, 2.24) is 4.31 Å². The van der Waals surface area contributed by atoms with Gasteiger partial charge in [-0.1, -0.05) is 13.0 Å². The molecule has 0 unspecified atom stereocenters. The summed E-state index contributed by atoms with van der Waals surface area (Å²) in [4.78, 5) is 12.1. The predicted octanol–water partition coefficient (Wildman–Crippen LogP) is 4.10. The zero-order valence-electron chi connectivity index (χ0n) is 17.5. The van der Waals surface area contributed by atoms with Crippen LogP contribution < -0.4 is 10.1 Å². The number of anilines is 1. The van der Waals surface area contributed by atoms with Crippen LogP contribution in [-0.4, -0.2) is 38.3 Å². The Morgan fingerprint density at radius 2 is 1.87 bits per heavy atom. The van der Waals surface area contributed by atoms with Crippen LogP contribution in [0, 0.1) is 24.5 Å². The number of nitrogens with zero attached hydrogens (tertiary/aromatic N) is 1. The lowest BCUT2D eigenvalue weighted by molar-refractivity contribution is -0.120. The Labute approximate surface area is 181 Å². The summed E-state index contributed by atoms with van der Waals surface area (Å²) >= 11 is 0. The average molecular weight is 453 g/mol. The van der Waals surface area contributed by atoms with Crippen LogP contribution in [0.2, 0.25) is 0 Å². The standard InChI is InChI=1S/C22H26F2N2O4S/c1-3-12-30-20-13-15(2)4-7-19(20)25-22(27)16-8-10-26(11-9-16)31(28,29)21-14-17(23)5-6-18(21)24/h4-7,13-14,16H,3,8-12H2,1-2H3,(H,25,27). The zero-order valence-corrected chi connectivity index (χ0v) is 18.3. The van der Waals surface area contributed by atoms with Gasteiger partial charge < -0.3 is 10.1 Å². The molecule has 168 valence electrons. The first-order valence-electron chi connectivity index (χ1n) is 10.2. The molecule has 0 saturated carbocycles. The maximum Gasteiger partial charge on any atom is 0.246 e. The Balaban J connectivity index is 1.66. The highest BCUT2D eigenvalue weighted by Crippen LogP contribution is 2.29. The summed E-state index contributed by atoms with van der Waals surface area (Å²) in [7, 11) is -4.18. The largest absolute Gasteiger partial charge is 0.491 e. The number of sulfonamides is 1. The van der Waals surface area contributed by atoms with Crippen LogP contribution in [0.4, 0.5) is 14.5 Å². The van der Waals surface area contributed by atoms with E-state index in [1.807, 2.05) is 26.0 Å². The molecular formula is C22H26F2N2O4S. The summed E-state index contributed by atoms with van der Waals surface area (Å²) in [5.41, 5.74) is 1.58. The molecule has 1 saturated heterocycles. The molecule has 2 aromatic carbocycles. The van der Waals surface area contributed by atoms with Crippen molar-refractivity contribution >= 4 is 21.6 Å². The maximum atomic E-state index is 14.0. The fraction of sp³-hybridized carbons (Fsp3) is 0.409. The third-order valence-electron chi connectivity index (χ3n) is 5.19. The number of aryl methyl sites for hydroxylation is 1. The van der Waals surface area contributed by atoms with Crippen LogP contribution in [0.25, 0.3) is 0 Å². The minimum absolute atomic E-state index is 0.0451. The van der Waals surface area contributed by atoms with E-state index in [0.717, 1.165) is 28.4 Å². The Morgan fingerprint density at radius 3 is 2.55 bits per heavy atom. The lowest BCUT2D eigenvalue weighted by Crippen LogP contribution is -2.41. The number of hydrogen-bond acceptors (Lipinski definition) is 4. The fourth-order valence-electron chi connectivity index (χ4n) is 3.47. The van der Waals surface area contributed by atoms with Crippen LogP contribution >= 0.6 is 0 Å². The second-order valence-corrected chi connectivity index (χ2v) is 9.50. The van der Waals surface area contributed by atoms with Gasteiger partial charge in [0.05, 0.1) is 12.3 Å². The normalized spacial score (nSPS) is 15.6. The Kier molecular flexibility index (Phi) is 7.27. The van der Waals surface area contributed by atoms with Crippen LogP contribution in [0.5, 0.6) is 5.75 Å². The van der Waals surface area contributed by atoms with Crippen molar-refractivity contribution in [1.29, 1.82) is 0 Å². The minimum atomic E-state index is -4.18. The molecule has 0 bridgehead atoms. The molecule has 1 fully saturated rings. The molecule has 0 aromatic heterocycles. The molecule has 6 nitrogen and oxygen atoms in total. The summed E-state index contributed by atoms with van der Waals surface area (Å²) < 4.78 is 59.6. The number of ether oxygens (including phenoxy) is 1. The third-order valence-corrected chi connectivity index (χ3v) is 7.11. The lowest BCUT2D eigenvalue weighted by atomic mass is 9.97. The van der Waals surface area contributed by atoms with Crippen LogP contribution in [0.15, 0.2) is 41.3 Å². The molecule has 3 rings (SSSR count). The van der Waals surface area contributed by atoms with Crippen molar-refractivity contribution in [2.24, 2.45) is 5.92 Å². The van der Waals surface area contributed by atoms with Gasteiger partial charge in [0.1, 0.15) is 22.3 Å². The number of nitrogens with one attached hydrogen (secondary N) is 1. The average Bonchev–Trinajstić information content (AvgIpc) is 2.75. The number of amides is 1. The van der Waals surface area contributed by atoms with Gasteiger partial charge in [-0.25, -0.2) is 17.2 Å². The van der Waals surface area contributed by atoms with Crippen molar-refractivity contribution in [3.8, 4) is 5.75 Å². The molecule has 1 aliphatic rings. The second kappa shape index (κ2) is 9.74. The van der Waals surface area contributed by atoms with Gasteiger partial charge >= 0.3 is 0 Å². The summed E-state index contributed by atoms with van der Waals surface area (Å²) in [6.07, 6.45) is 1.39. The monoisotopic (exact) mass is 452 g/mol. The number of benzene rings is 2. The zero-order chi connectivity index (χ0) is 22.6. The number of carbonyl (C=O) groups is 1. The second-order valence-electron chi connectivity index (χ2n) is 7.59. The van der Waals surface area contributed by atoms with Crippen molar-refractivity contribution in [2.45, 2.75) is 38.0 Å². The minimum Gasteiger partial charge on any atom is -0.491 e. The number of carbonyl (C=O) groups excluding carboxylic acids is 1. The van der Waals surface area contributed by atoms with E-state index in [4.69, 9.17) is 4.74 Å². The van der Waals surface area contributed by atoms with Crippen molar-refractivity contribution < 1.29 is 26.7 Å². The molecule has 1 heterocycles. The quantitative estimate of drug-likeness (QED) is 0.686.